The lowest BCUT2D eigenvalue weighted by atomic mass is 10.2. The van der Waals surface area contributed by atoms with Crippen molar-refractivity contribution in [3.63, 3.8) is 0 Å². The van der Waals surface area contributed by atoms with Gasteiger partial charge in [0.15, 0.2) is 6.61 Å². The van der Waals surface area contributed by atoms with Crippen molar-refractivity contribution < 1.29 is 9.53 Å². The Morgan fingerprint density at radius 3 is 2.16 bits per heavy atom. The standard InChI is InChI=1S/C24H28N4O4/c1-4-16-7-9-17(10-8-16)32-15-22(29)25-18-13-20-21(14-19(18)28-11-5-6-12-28)27(3)24(31)23(30)26(20)2/h7-10,13-14H,4-6,11-12,15H2,1-3H3,(H,25,29). The van der Waals surface area contributed by atoms with Gasteiger partial charge in [-0.3, -0.25) is 14.4 Å². The number of benzene rings is 2. The fourth-order valence-electron chi connectivity index (χ4n) is 4.09. The number of fused-ring (bicyclic) bond motifs is 1. The number of rotatable bonds is 6. The van der Waals surface area contributed by atoms with Crippen molar-refractivity contribution >= 4 is 28.3 Å². The largest absolute Gasteiger partial charge is 0.484 e. The summed E-state index contributed by atoms with van der Waals surface area (Å²) in [5.41, 5.74) is 2.67. The highest BCUT2D eigenvalue weighted by atomic mass is 16.5. The van der Waals surface area contributed by atoms with Crippen molar-refractivity contribution in [2.45, 2.75) is 26.2 Å². The molecule has 0 unspecified atom stereocenters. The Morgan fingerprint density at radius 2 is 1.56 bits per heavy atom. The monoisotopic (exact) mass is 436 g/mol. The highest BCUT2D eigenvalue weighted by Crippen LogP contribution is 2.32. The van der Waals surface area contributed by atoms with E-state index >= 15 is 0 Å². The minimum Gasteiger partial charge on any atom is -0.484 e. The maximum Gasteiger partial charge on any atom is 0.316 e. The highest BCUT2D eigenvalue weighted by Gasteiger charge is 2.20. The summed E-state index contributed by atoms with van der Waals surface area (Å²) in [5, 5.41) is 2.94. The molecule has 0 aliphatic carbocycles. The van der Waals surface area contributed by atoms with Gasteiger partial charge in [0.25, 0.3) is 5.91 Å². The molecule has 168 valence electrons. The van der Waals surface area contributed by atoms with Crippen LogP contribution in [0.4, 0.5) is 11.4 Å². The minimum absolute atomic E-state index is 0.130. The van der Waals surface area contributed by atoms with Crippen molar-refractivity contribution in [1.29, 1.82) is 0 Å². The normalized spacial score (nSPS) is 13.5. The quantitative estimate of drug-likeness (QED) is 0.600. The first kappa shape index (κ1) is 21.7. The number of hydrogen-bond acceptors (Lipinski definition) is 5. The molecule has 0 radical (unpaired) electrons. The summed E-state index contributed by atoms with van der Waals surface area (Å²) in [6.45, 7) is 3.69. The second kappa shape index (κ2) is 8.90. The fraction of sp³-hybridized carbons (Fsp3) is 0.375. The van der Waals surface area contributed by atoms with Gasteiger partial charge >= 0.3 is 11.1 Å². The number of ether oxygens (including phenoxy) is 1. The van der Waals surface area contributed by atoms with Crippen LogP contribution in [-0.4, -0.2) is 34.7 Å². The van der Waals surface area contributed by atoms with Crippen LogP contribution in [0.2, 0.25) is 0 Å². The lowest BCUT2D eigenvalue weighted by Crippen LogP contribution is -2.39. The third-order valence-corrected chi connectivity index (χ3v) is 6.03. The summed E-state index contributed by atoms with van der Waals surface area (Å²) in [6.07, 6.45) is 3.07. The molecule has 0 atom stereocenters. The van der Waals surface area contributed by atoms with Crippen molar-refractivity contribution in [1.82, 2.24) is 9.13 Å². The van der Waals surface area contributed by atoms with Crippen LogP contribution in [-0.2, 0) is 25.3 Å². The summed E-state index contributed by atoms with van der Waals surface area (Å²) < 4.78 is 8.34. The second-order valence-electron chi connectivity index (χ2n) is 8.11. The molecule has 1 N–H and O–H groups in total. The molecule has 2 aromatic carbocycles. The van der Waals surface area contributed by atoms with Crippen LogP contribution in [0.25, 0.3) is 11.0 Å². The highest BCUT2D eigenvalue weighted by molar-refractivity contribution is 5.99. The van der Waals surface area contributed by atoms with E-state index in [1.54, 1.807) is 20.2 Å². The molecule has 1 aliphatic rings. The molecule has 8 heteroatoms. The number of hydrogen-bond donors (Lipinski definition) is 1. The van der Waals surface area contributed by atoms with Gasteiger partial charge in [-0.15, -0.1) is 0 Å². The number of amides is 1. The van der Waals surface area contributed by atoms with Crippen LogP contribution in [0, 0.1) is 0 Å². The summed E-state index contributed by atoms with van der Waals surface area (Å²) >= 11 is 0. The molecule has 1 amide bonds. The summed E-state index contributed by atoms with van der Waals surface area (Å²) in [5.74, 6) is 0.340. The molecule has 32 heavy (non-hydrogen) atoms. The van der Waals surface area contributed by atoms with Crippen molar-refractivity contribution in [2.75, 3.05) is 29.9 Å². The van der Waals surface area contributed by atoms with Gasteiger partial charge in [0.05, 0.1) is 22.4 Å². The van der Waals surface area contributed by atoms with Gasteiger partial charge < -0.3 is 24.1 Å². The number of aryl methyl sites for hydroxylation is 3. The zero-order chi connectivity index (χ0) is 22.8. The molecular weight excluding hydrogens is 408 g/mol. The van der Waals surface area contributed by atoms with Crippen LogP contribution < -0.4 is 26.1 Å². The molecule has 8 nitrogen and oxygen atoms in total. The molecule has 0 bridgehead atoms. The van der Waals surface area contributed by atoms with Gasteiger partial charge in [0.1, 0.15) is 5.75 Å². The maximum atomic E-state index is 12.7. The SMILES string of the molecule is CCc1ccc(OCC(=O)Nc2cc3c(cc2N2CCCC2)n(C)c(=O)c(=O)n3C)cc1. The predicted molar refractivity (Wildman–Crippen MR) is 126 cm³/mol. The Balaban J connectivity index is 1.65. The number of nitrogens with one attached hydrogen (secondary N) is 1. The van der Waals surface area contributed by atoms with Gasteiger partial charge in [0, 0.05) is 27.2 Å². The molecule has 4 rings (SSSR count). The van der Waals surface area contributed by atoms with E-state index in [4.69, 9.17) is 4.74 Å². The molecule has 0 saturated carbocycles. The first-order valence-electron chi connectivity index (χ1n) is 10.9. The van der Waals surface area contributed by atoms with Crippen LogP contribution >= 0.6 is 0 Å². The average molecular weight is 437 g/mol. The van der Waals surface area contributed by atoms with E-state index in [2.05, 4.69) is 17.1 Å². The minimum atomic E-state index is -0.606. The van der Waals surface area contributed by atoms with Gasteiger partial charge in [-0.2, -0.15) is 0 Å². The predicted octanol–water partition coefficient (Wildman–Crippen LogP) is 2.42. The van der Waals surface area contributed by atoms with Crippen molar-refractivity contribution in [3.05, 3.63) is 62.7 Å². The van der Waals surface area contributed by atoms with Gasteiger partial charge in [-0.25, -0.2) is 0 Å². The van der Waals surface area contributed by atoms with E-state index in [0.717, 1.165) is 38.0 Å². The second-order valence-corrected chi connectivity index (χ2v) is 8.11. The molecular formula is C24H28N4O4. The average Bonchev–Trinajstić information content (AvgIpc) is 3.35. The molecule has 3 aromatic rings. The van der Waals surface area contributed by atoms with Crippen molar-refractivity contribution in [3.8, 4) is 5.75 Å². The third-order valence-electron chi connectivity index (χ3n) is 6.03. The summed E-state index contributed by atoms with van der Waals surface area (Å²) in [4.78, 5) is 39.5. The molecule has 1 saturated heterocycles. The first-order chi connectivity index (χ1) is 15.4. The number of anilines is 2. The van der Waals surface area contributed by atoms with Gasteiger partial charge in [-0.1, -0.05) is 19.1 Å². The first-order valence-corrected chi connectivity index (χ1v) is 10.9. The van der Waals surface area contributed by atoms with Crippen molar-refractivity contribution in [2.24, 2.45) is 14.1 Å². The van der Waals surface area contributed by atoms with Crippen LogP contribution in [0.5, 0.6) is 5.75 Å². The number of carbonyl (C=O) groups is 1. The van der Waals surface area contributed by atoms with E-state index in [1.807, 2.05) is 30.3 Å². The number of carbonyl (C=O) groups excluding carboxylic acids is 1. The zero-order valence-corrected chi connectivity index (χ0v) is 18.7. The van der Waals surface area contributed by atoms with Gasteiger partial charge in [0.2, 0.25) is 0 Å². The Labute approximate surface area is 186 Å². The zero-order valence-electron chi connectivity index (χ0n) is 18.7. The number of nitrogens with zero attached hydrogens (tertiary/aromatic N) is 3. The maximum absolute atomic E-state index is 12.7. The Bertz CT molecular complexity index is 1270. The van der Waals surface area contributed by atoms with Crippen LogP contribution in [0.15, 0.2) is 46.0 Å². The Hall–Kier alpha value is -3.55. The molecule has 2 heterocycles. The topological polar surface area (TPSA) is 85.6 Å². The van der Waals surface area contributed by atoms with E-state index in [1.165, 1.54) is 14.7 Å². The third kappa shape index (κ3) is 4.12. The summed E-state index contributed by atoms with van der Waals surface area (Å²) in [7, 11) is 3.16. The Morgan fingerprint density at radius 1 is 0.969 bits per heavy atom. The lowest BCUT2D eigenvalue weighted by molar-refractivity contribution is -0.118. The van der Waals surface area contributed by atoms with Crippen LogP contribution in [0.3, 0.4) is 0 Å². The summed E-state index contributed by atoms with van der Waals surface area (Å²) in [6, 6.07) is 11.3. The molecule has 1 aliphatic heterocycles. The lowest BCUT2D eigenvalue weighted by Gasteiger charge is -2.23. The molecule has 0 spiro atoms. The molecule has 1 fully saturated rings. The van der Waals surface area contributed by atoms with E-state index < -0.39 is 11.1 Å². The van der Waals surface area contributed by atoms with E-state index in [9.17, 15) is 14.4 Å². The van der Waals surface area contributed by atoms with Crippen LogP contribution in [0.1, 0.15) is 25.3 Å². The molecule has 1 aromatic heterocycles. The smallest absolute Gasteiger partial charge is 0.316 e. The van der Waals surface area contributed by atoms with E-state index in [0.29, 0.717) is 22.5 Å². The van der Waals surface area contributed by atoms with Gasteiger partial charge in [-0.05, 0) is 49.1 Å². The number of aromatic nitrogens is 2. The Kier molecular flexibility index (Phi) is 6.03. The van der Waals surface area contributed by atoms with E-state index in [-0.39, 0.29) is 12.5 Å². The fourth-order valence-corrected chi connectivity index (χ4v) is 4.09.